The highest BCUT2D eigenvalue weighted by Gasteiger charge is 2.46. The van der Waals surface area contributed by atoms with Crippen LogP contribution in [-0.2, 0) is 57.5 Å². The zero-order chi connectivity index (χ0) is 67.6. The van der Waals surface area contributed by atoms with Crippen molar-refractivity contribution in [1.82, 2.24) is 55.6 Å². The average Bonchev–Trinajstić information content (AvgIpc) is 1.38. The molecule has 0 aliphatic carbocycles. The molecule has 24 nitrogen and oxygen atoms in total. The first-order valence-electron chi connectivity index (χ1n) is 31.1. The molecule has 498 valence electrons. The second kappa shape index (κ2) is 35.7. The Morgan fingerprint density at radius 1 is 0.471 bits per heavy atom. The van der Waals surface area contributed by atoms with Crippen LogP contribution in [0.1, 0.15) is 150 Å². The molecule has 5 N–H and O–H groups in total. The molecule has 0 radical (unpaired) electrons. The molecular formula is C63H113N11O13. The molecule has 1 rings (SSSR count). The number of nitrogens with one attached hydrogen (secondary N) is 4. The zero-order valence-electron chi connectivity index (χ0n) is 57.3. The third kappa shape index (κ3) is 21.3. The Hall–Kier alpha value is -6.17. The first-order valence-corrected chi connectivity index (χ1v) is 31.1. The normalized spacial score (nSPS) is 27.7. The zero-order valence-corrected chi connectivity index (χ0v) is 57.3. The summed E-state index contributed by atoms with van der Waals surface area (Å²) in [5.41, 5.74) is 0. The van der Waals surface area contributed by atoms with Gasteiger partial charge in [0.1, 0.15) is 66.5 Å². The van der Waals surface area contributed by atoms with Crippen molar-refractivity contribution in [3.05, 3.63) is 12.2 Å². The number of carbonyl (C=O) groups excluding carboxylic acids is 11. The first kappa shape index (κ1) is 78.8. The largest absolute Gasteiger partial charge is 0.390 e. The van der Waals surface area contributed by atoms with Crippen molar-refractivity contribution in [1.29, 1.82) is 0 Å². The fraction of sp³-hybridized carbons (Fsp3) is 0.794. The lowest BCUT2D eigenvalue weighted by Crippen LogP contribution is -2.64. The van der Waals surface area contributed by atoms with Gasteiger partial charge in [0.15, 0.2) is 0 Å². The molecule has 0 aromatic rings. The summed E-state index contributed by atoms with van der Waals surface area (Å²) < 4.78 is 5.45. The van der Waals surface area contributed by atoms with Gasteiger partial charge in [-0.25, -0.2) is 0 Å². The minimum Gasteiger partial charge on any atom is -0.390 e. The van der Waals surface area contributed by atoms with Crippen molar-refractivity contribution in [2.45, 2.75) is 222 Å². The number of carbonyl (C=O) groups is 11. The Balaban J connectivity index is 4.40. The van der Waals surface area contributed by atoms with Gasteiger partial charge in [0, 0.05) is 62.4 Å². The molecule has 1 saturated heterocycles. The van der Waals surface area contributed by atoms with Crippen molar-refractivity contribution in [3.8, 4) is 0 Å². The van der Waals surface area contributed by atoms with Crippen LogP contribution in [0.2, 0.25) is 0 Å². The first-order chi connectivity index (χ1) is 40.2. The van der Waals surface area contributed by atoms with E-state index in [1.165, 1.54) is 102 Å². The second-order valence-electron chi connectivity index (χ2n) is 26.2. The van der Waals surface area contributed by atoms with E-state index < -0.39 is 161 Å². The number of methoxy groups -OCH3 is 1. The summed E-state index contributed by atoms with van der Waals surface area (Å²) >= 11 is 0. The minimum atomic E-state index is -1.63. The van der Waals surface area contributed by atoms with Crippen LogP contribution in [0.25, 0.3) is 0 Å². The maximum absolute atomic E-state index is 15.2. The summed E-state index contributed by atoms with van der Waals surface area (Å²) in [4.78, 5) is 170. The van der Waals surface area contributed by atoms with Gasteiger partial charge in [0.05, 0.1) is 12.7 Å². The maximum Gasteiger partial charge on any atom is 0.246 e. The number of likely N-dealkylation sites (N-methyl/N-ethyl adjacent to an activating group) is 7. The molecule has 11 amide bonds. The van der Waals surface area contributed by atoms with E-state index in [1.54, 1.807) is 67.5 Å². The van der Waals surface area contributed by atoms with Crippen LogP contribution in [0.4, 0.5) is 0 Å². The third-order valence-electron chi connectivity index (χ3n) is 16.8. The van der Waals surface area contributed by atoms with Gasteiger partial charge in [0.25, 0.3) is 0 Å². The summed E-state index contributed by atoms with van der Waals surface area (Å²) in [6, 6.07) is -13.9. The van der Waals surface area contributed by atoms with Crippen LogP contribution in [0.5, 0.6) is 0 Å². The SMILES string of the molecule is C/C=C/C[C@@H](C)[C@@H](O)[C@H]1C(=O)N[C@@H](CC)C(=O)N(C)[C@H](C)C(=O)N(C)[C@@H]([C@@H](C)COC)C(=O)N[C@@H](C(C)C)C(=O)N(C)[C@@H](CC(C)C)C(=O)N[C@@H](C)C(=O)N[C@H](C)C(=O)N(C)[C@@H](CC(C)C)C(=O)N(C)[C@@H](CC(C)C)C(=O)N(C)[C@@H](C(C)C)C(=O)N1C. The topological polar surface area (TPSA) is 288 Å². The molecule has 87 heavy (non-hydrogen) atoms. The van der Waals surface area contributed by atoms with Gasteiger partial charge in [-0.2, -0.15) is 0 Å². The number of rotatable bonds is 16. The maximum atomic E-state index is 15.2. The van der Waals surface area contributed by atoms with Gasteiger partial charge >= 0.3 is 0 Å². The number of amides is 11. The lowest BCUT2D eigenvalue weighted by Gasteiger charge is -2.41. The minimum absolute atomic E-state index is 0.000697. The second-order valence-corrected chi connectivity index (χ2v) is 26.2. The van der Waals surface area contributed by atoms with E-state index in [1.807, 2.05) is 41.5 Å². The lowest BCUT2D eigenvalue weighted by atomic mass is 9.91. The summed E-state index contributed by atoms with van der Waals surface area (Å²) in [6.07, 6.45) is 2.80. The Morgan fingerprint density at radius 3 is 1.37 bits per heavy atom. The highest BCUT2D eigenvalue weighted by molar-refractivity contribution is 6.00. The Labute approximate surface area is 520 Å². The van der Waals surface area contributed by atoms with Gasteiger partial charge in [-0.1, -0.05) is 102 Å². The Kier molecular flexibility index (Phi) is 32.4. The summed E-state index contributed by atoms with van der Waals surface area (Å²) in [5.74, 6) is -10.6. The van der Waals surface area contributed by atoms with E-state index in [0.29, 0.717) is 6.42 Å². The molecule has 0 spiro atoms. The highest BCUT2D eigenvalue weighted by Crippen LogP contribution is 2.26. The molecule has 0 unspecified atom stereocenters. The smallest absolute Gasteiger partial charge is 0.246 e. The monoisotopic (exact) mass is 1230 g/mol. The molecule has 1 heterocycles. The van der Waals surface area contributed by atoms with Crippen molar-refractivity contribution in [2.24, 2.45) is 41.4 Å². The number of ether oxygens (including phenoxy) is 1. The van der Waals surface area contributed by atoms with Crippen LogP contribution < -0.4 is 21.3 Å². The predicted octanol–water partition coefficient (Wildman–Crippen LogP) is 2.89. The molecule has 0 bridgehead atoms. The van der Waals surface area contributed by atoms with Crippen molar-refractivity contribution in [2.75, 3.05) is 63.1 Å². The fourth-order valence-corrected chi connectivity index (χ4v) is 11.2. The number of allylic oxidation sites excluding steroid dienone is 2. The van der Waals surface area contributed by atoms with Crippen LogP contribution in [0.3, 0.4) is 0 Å². The van der Waals surface area contributed by atoms with Crippen LogP contribution in [0.15, 0.2) is 12.2 Å². The predicted molar refractivity (Wildman–Crippen MR) is 335 cm³/mol. The van der Waals surface area contributed by atoms with Gasteiger partial charge in [0.2, 0.25) is 65.0 Å². The summed E-state index contributed by atoms with van der Waals surface area (Å²) in [6.45, 7) is 29.2. The quantitative estimate of drug-likeness (QED) is 0.139. The van der Waals surface area contributed by atoms with E-state index in [9.17, 15) is 48.3 Å². The number of hydrogen-bond donors (Lipinski definition) is 5. The average molecular weight is 1230 g/mol. The number of aliphatic hydroxyl groups is 1. The van der Waals surface area contributed by atoms with Gasteiger partial charge in [-0.15, -0.1) is 0 Å². The lowest BCUT2D eigenvalue weighted by molar-refractivity contribution is -0.157. The highest BCUT2D eigenvalue weighted by atomic mass is 16.5. The number of hydrogen-bond acceptors (Lipinski definition) is 13. The van der Waals surface area contributed by atoms with Gasteiger partial charge < -0.3 is 65.4 Å². The Morgan fingerprint density at radius 2 is 0.908 bits per heavy atom. The molecular weight excluding hydrogens is 1120 g/mol. The molecule has 14 atom stereocenters. The number of aliphatic hydroxyl groups excluding tert-OH is 1. The molecule has 0 aromatic heterocycles. The van der Waals surface area contributed by atoms with Crippen molar-refractivity contribution < 1.29 is 62.6 Å². The van der Waals surface area contributed by atoms with Crippen LogP contribution >= 0.6 is 0 Å². The molecule has 1 fully saturated rings. The van der Waals surface area contributed by atoms with Crippen molar-refractivity contribution in [3.63, 3.8) is 0 Å². The van der Waals surface area contributed by atoms with Crippen molar-refractivity contribution >= 4 is 65.0 Å². The summed E-state index contributed by atoms with van der Waals surface area (Å²) in [7, 11) is 11.3. The third-order valence-corrected chi connectivity index (χ3v) is 16.8. The van der Waals surface area contributed by atoms with E-state index in [-0.39, 0.29) is 50.0 Å². The molecule has 0 aromatic carbocycles. The van der Waals surface area contributed by atoms with Crippen LogP contribution in [-0.4, -0.2) is 240 Å². The van der Waals surface area contributed by atoms with E-state index >= 15 is 9.59 Å². The van der Waals surface area contributed by atoms with Crippen LogP contribution in [0, 0.1) is 41.4 Å². The van der Waals surface area contributed by atoms with E-state index in [0.717, 1.165) is 9.80 Å². The number of nitrogens with zero attached hydrogens (tertiary/aromatic N) is 7. The molecule has 1 aliphatic rings. The van der Waals surface area contributed by atoms with Gasteiger partial charge in [-0.3, -0.25) is 52.7 Å². The molecule has 0 saturated carbocycles. The molecule has 1 aliphatic heterocycles. The summed E-state index contributed by atoms with van der Waals surface area (Å²) in [5, 5.41) is 23.1. The van der Waals surface area contributed by atoms with Gasteiger partial charge in [-0.05, 0) is 95.3 Å². The van der Waals surface area contributed by atoms with E-state index in [2.05, 4.69) is 21.3 Å². The molecule has 24 heteroatoms. The fourth-order valence-electron chi connectivity index (χ4n) is 11.2. The standard InChI is InChI=1S/C63H113N11O13/c1-26-28-29-39(13)52(75)51-56(79)66-44(27-2)59(82)68(18)43(17)58(81)73(23)50(40(14)33-87-25)55(78)67-48(37(9)10)62(85)69(19)45(30-34(3)4)54(77)64-41(15)53(76)65-42(16)57(80)70(20)46(31-35(5)6)60(83)71(21)47(32-36(7)8)61(84)72(22)49(38(11)12)63(86)74(51)24/h26,28,34-52,75H,27,29-33H2,1-25H3,(H,64,77)(H,65,76)(H,66,79)(H,67,78)/b28-26+/t39-,40+,41+,42-,43-,44+,45+,46+,47+,48+,49+,50+,51+,52-/m1/s1. The Bertz CT molecular complexity index is 2380. The van der Waals surface area contributed by atoms with E-state index in [4.69, 9.17) is 4.74 Å².